The van der Waals surface area contributed by atoms with E-state index in [1.807, 2.05) is 0 Å². The van der Waals surface area contributed by atoms with Crippen molar-refractivity contribution >= 4 is 18.0 Å². The highest BCUT2D eigenvalue weighted by Gasteiger charge is 2.01. The number of ether oxygens (including phenoxy) is 1. The van der Waals surface area contributed by atoms with Gasteiger partial charge in [0.05, 0.1) is 0 Å². The second-order valence-electron chi connectivity index (χ2n) is 2.93. The van der Waals surface area contributed by atoms with Crippen LogP contribution >= 0.6 is 0 Å². The molecule has 16 heavy (non-hydrogen) atoms. The van der Waals surface area contributed by atoms with Crippen LogP contribution < -0.4 is 0 Å². The largest absolute Gasteiger partial charge is 0.508 e. The summed E-state index contributed by atoms with van der Waals surface area (Å²) in [5.74, 6) is -1.80. The summed E-state index contributed by atoms with van der Waals surface area (Å²) < 4.78 is 4.37. The first-order valence-corrected chi connectivity index (χ1v) is 4.43. The van der Waals surface area contributed by atoms with Gasteiger partial charge in [0, 0.05) is 6.08 Å². The van der Waals surface area contributed by atoms with E-state index in [1.54, 1.807) is 12.1 Å². The number of carboxylic acid groups (broad SMARTS) is 1. The van der Waals surface area contributed by atoms with Crippen LogP contribution in [0.4, 0.5) is 0 Å². The highest BCUT2D eigenvalue weighted by molar-refractivity contribution is 5.88. The van der Waals surface area contributed by atoms with E-state index in [0.717, 1.165) is 6.08 Å². The quantitative estimate of drug-likeness (QED) is 0.587. The van der Waals surface area contributed by atoms with Crippen molar-refractivity contribution in [2.75, 3.05) is 6.61 Å². The third-order valence-corrected chi connectivity index (χ3v) is 1.64. The Labute approximate surface area is 91.6 Å². The first-order chi connectivity index (χ1) is 7.58. The van der Waals surface area contributed by atoms with Crippen LogP contribution in [0.1, 0.15) is 5.56 Å². The smallest absolute Gasteiger partial charge is 0.341 e. The Kier molecular flexibility index (Phi) is 4.08. The van der Waals surface area contributed by atoms with E-state index >= 15 is 0 Å². The summed E-state index contributed by atoms with van der Waals surface area (Å²) in [6, 6.07) is 6.16. The molecule has 1 aromatic carbocycles. The molecule has 5 nitrogen and oxygen atoms in total. The average molecular weight is 222 g/mol. The van der Waals surface area contributed by atoms with E-state index in [2.05, 4.69) is 4.74 Å². The minimum absolute atomic E-state index is 0.130. The molecule has 0 atom stereocenters. The lowest BCUT2D eigenvalue weighted by Gasteiger charge is -1.96. The van der Waals surface area contributed by atoms with E-state index in [1.165, 1.54) is 18.2 Å². The van der Waals surface area contributed by atoms with Gasteiger partial charge in [0.2, 0.25) is 0 Å². The molecule has 0 aliphatic heterocycles. The Balaban J connectivity index is 2.50. The van der Waals surface area contributed by atoms with Crippen molar-refractivity contribution in [1.29, 1.82) is 0 Å². The number of aliphatic carboxylic acids is 1. The SMILES string of the molecule is O=C(O)COC(=O)/C=C/c1ccc(O)cc1. The maximum absolute atomic E-state index is 11.0. The third-order valence-electron chi connectivity index (χ3n) is 1.64. The van der Waals surface area contributed by atoms with Crippen LogP contribution in [0.3, 0.4) is 0 Å². The minimum Gasteiger partial charge on any atom is -0.508 e. The second kappa shape index (κ2) is 5.55. The van der Waals surface area contributed by atoms with Gasteiger partial charge in [-0.3, -0.25) is 0 Å². The Morgan fingerprint density at radius 3 is 2.44 bits per heavy atom. The fourth-order valence-corrected chi connectivity index (χ4v) is 0.931. The number of aromatic hydroxyl groups is 1. The van der Waals surface area contributed by atoms with E-state index in [4.69, 9.17) is 10.2 Å². The maximum Gasteiger partial charge on any atom is 0.341 e. The molecular formula is C11H10O5. The van der Waals surface area contributed by atoms with E-state index in [9.17, 15) is 9.59 Å². The summed E-state index contributed by atoms with van der Waals surface area (Å²) in [6.07, 6.45) is 2.58. The van der Waals surface area contributed by atoms with Gasteiger partial charge in [-0.15, -0.1) is 0 Å². The summed E-state index contributed by atoms with van der Waals surface area (Å²) in [5.41, 5.74) is 0.699. The van der Waals surface area contributed by atoms with Gasteiger partial charge < -0.3 is 14.9 Å². The van der Waals surface area contributed by atoms with Crippen molar-refractivity contribution in [2.45, 2.75) is 0 Å². The van der Waals surface area contributed by atoms with Crippen molar-refractivity contribution in [3.05, 3.63) is 35.9 Å². The lowest BCUT2D eigenvalue weighted by Crippen LogP contribution is -2.10. The van der Waals surface area contributed by atoms with Crippen molar-refractivity contribution in [1.82, 2.24) is 0 Å². The number of hydrogen-bond acceptors (Lipinski definition) is 4. The van der Waals surface area contributed by atoms with E-state index < -0.39 is 18.5 Å². The number of hydrogen-bond donors (Lipinski definition) is 2. The van der Waals surface area contributed by atoms with Crippen LogP contribution in [0.5, 0.6) is 5.75 Å². The molecule has 0 fully saturated rings. The van der Waals surface area contributed by atoms with Gasteiger partial charge in [-0.25, -0.2) is 9.59 Å². The molecule has 0 amide bonds. The molecule has 0 bridgehead atoms. The molecule has 2 N–H and O–H groups in total. The number of phenols is 1. The molecule has 0 aliphatic rings. The summed E-state index contributed by atoms with van der Waals surface area (Å²) >= 11 is 0. The molecule has 1 aromatic rings. The van der Waals surface area contributed by atoms with E-state index in [-0.39, 0.29) is 5.75 Å². The Hall–Kier alpha value is -2.30. The highest BCUT2D eigenvalue weighted by atomic mass is 16.5. The van der Waals surface area contributed by atoms with Crippen LogP contribution in [0.25, 0.3) is 6.08 Å². The fourth-order valence-electron chi connectivity index (χ4n) is 0.931. The normalized spacial score (nSPS) is 10.2. The number of rotatable bonds is 4. The first kappa shape index (κ1) is 11.8. The maximum atomic E-state index is 11.0. The predicted molar refractivity (Wildman–Crippen MR) is 55.7 cm³/mol. The Bertz CT molecular complexity index is 405. The van der Waals surface area contributed by atoms with Crippen LogP contribution in [0.2, 0.25) is 0 Å². The predicted octanol–water partition coefficient (Wildman–Crippen LogP) is 1.03. The van der Waals surface area contributed by atoms with Crippen LogP contribution in [0.15, 0.2) is 30.3 Å². The fraction of sp³-hybridized carbons (Fsp3) is 0.0909. The zero-order chi connectivity index (χ0) is 12.0. The van der Waals surface area contributed by atoms with E-state index in [0.29, 0.717) is 5.56 Å². The monoisotopic (exact) mass is 222 g/mol. The second-order valence-corrected chi connectivity index (χ2v) is 2.93. The van der Waals surface area contributed by atoms with Gasteiger partial charge in [-0.1, -0.05) is 12.1 Å². The molecule has 5 heteroatoms. The molecule has 84 valence electrons. The van der Waals surface area contributed by atoms with Gasteiger partial charge in [0.1, 0.15) is 5.75 Å². The van der Waals surface area contributed by atoms with Crippen LogP contribution in [-0.4, -0.2) is 28.8 Å². The van der Waals surface area contributed by atoms with Crippen LogP contribution in [-0.2, 0) is 14.3 Å². The van der Waals surface area contributed by atoms with Gasteiger partial charge in [-0.05, 0) is 23.8 Å². The number of esters is 1. The van der Waals surface area contributed by atoms with Crippen molar-refractivity contribution in [3.63, 3.8) is 0 Å². The first-order valence-electron chi connectivity index (χ1n) is 4.43. The lowest BCUT2D eigenvalue weighted by atomic mass is 10.2. The van der Waals surface area contributed by atoms with Crippen LogP contribution in [0, 0.1) is 0 Å². The zero-order valence-corrected chi connectivity index (χ0v) is 8.29. The molecule has 0 spiro atoms. The number of benzene rings is 1. The van der Waals surface area contributed by atoms with Gasteiger partial charge in [-0.2, -0.15) is 0 Å². The third kappa shape index (κ3) is 4.28. The Morgan fingerprint density at radius 2 is 1.88 bits per heavy atom. The number of carboxylic acids is 1. The average Bonchev–Trinajstić information content (AvgIpc) is 2.25. The highest BCUT2D eigenvalue weighted by Crippen LogP contribution is 2.10. The van der Waals surface area contributed by atoms with Crippen molar-refractivity contribution in [2.24, 2.45) is 0 Å². The summed E-state index contributed by atoms with van der Waals surface area (Å²) in [5, 5.41) is 17.2. The standard InChI is InChI=1S/C11H10O5/c12-9-4-1-8(2-5-9)3-6-11(15)16-7-10(13)14/h1-6,12H,7H2,(H,13,14)/b6-3+. The number of carbonyl (C=O) groups excluding carboxylic acids is 1. The zero-order valence-electron chi connectivity index (χ0n) is 8.29. The molecule has 0 saturated carbocycles. The summed E-state index contributed by atoms with van der Waals surface area (Å²) in [6.45, 7) is -0.654. The minimum atomic E-state index is -1.20. The molecule has 0 aromatic heterocycles. The van der Waals surface area contributed by atoms with Gasteiger partial charge in [0.15, 0.2) is 6.61 Å². The Morgan fingerprint density at radius 1 is 1.25 bits per heavy atom. The van der Waals surface area contributed by atoms with Gasteiger partial charge >= 0.3 is 11.9 Å². The summed E-state index contributed by atoms with van der Waals surface area (Å²) in [4.78, 5) is 21.1. The molecular weight excluding hydrogens is 212 g/mol. The molecule has 0 radical (unpaired) electrons. The molecule has 0 aliphatic carbocycles. The molecule has 0 saturated heterocycles. The topological polar surface area (TPSA) is 83.8 Å². The summed E-state index contributed by atoms with van der Waals surface area (Å²) in [7, 11) is 0. The molecule has 0 unspecified atom stereocenters. The lowest BCUT2D eigenvalue weighted by molar-refractivity contribution is -0.151. The molecule has 1 rings (SSSR count). The van der Waals surface area contributed by atoms with Crippen molar-refractivity contribution in [3.8, 4) is 5.75 Å². The van der Waals surface area contributed by atoms with Gasteiger partial charge in [0.25, 0.3) is 0 Å². The molecule has 0 heterocycles. The number of carbonyl (C=O) groups is 2. The number of phenolic OH excluding ortho intramolecular Hbond substituents is 1. The van der Waals surface area contributed by atoms with Crippen molar-refractivity contribution < 1.29 is 24.5 Å².